The third-order valence-electron chi connectivity index (χ3n) is 4.74. The predicted octanol–water partition coefficient (Wildman–Crippen LogP) is 2.23. The Morgan fingerprint density at radius 3 is 2.45 bits per heavy atom. The van der Waals surface area contributed by atoms with E-state index in [1.165, 1.54) is 11.3 Å². The monoisotopic (exact) mass is 279 g/mol. The van der Waals surface area contributed by atoms with Gasteiger partial charge in [0.1, 0.15) is 0 Å². The molecule has 1 aromatic heterocycles. The minimum atomic E-state index is -0.687. The van der Waals surface area contributed by atoms with Crippen molar-refractivity contribution in [1.82, 2.24) is 14.7 Å². The molecular weight excluding hydrogens is 254 g/mol. The van der Waals surface area contributed by atoms with Gasteiger partial charge in [-0.2, -0.15) is 5.10 Å². The lowest BCUT2D eigenvalue weighted by Gasteiger charge is -2.45. The minimum Gasteiger partial charge on any atom is -0.481 e. The van der Waals surface area contributed by atoms with E-state index in [0.717, 1.165) is 25.3 Å². The van der Waals surface area contributed by atoms with Crippen molar-refractivity contribution in [2.75, 3.05) is 13.1 Å². The summed E-state index contributed by atoms with van der Waals surface area (Å²) in [6.07, 6.45) is 0. The number of carboxylic acid groups (broad SMARTS) is 1. The Bertz CT molecular complexity index is 503. The summed E-state index contributed by atoms with van der Waals surface area (Å²) < 4.78 is 2.04. The van der Waals surface area contributed by atoms with Crippen molar-refractivity contribution in [3.05, 3.63) is 17.0 Å². The number of aromatic nitrogens is 2. The van der Waals surface area contributed by atoms with E-state index in [-0.39, 0.29) is 11.8 Å². The molecule has 2 rings (SSSR count). The molecule has 1 aliphatic heterocycles. The van der Waals surface area contributed by atoms with Gasteiger partial charge < -0.3 is 5.11 Å². The molecule has 2 unspecified atom stereocenters. The smallest absolute Gasteiger partial charge is 0.306 e. The van der Waals surface area contributed by atoms with Gasteiger partial charge in [-0.05, 0) is 33.6 Å². The number of nitrogens with zero attached hydrogens (tertiary/aromatic N) is 3. The molecule has 1 N–H and O–H groups in total. The summed E-state index contributed by atoms with van der Waals surface area (Å²) in [7, 11) is 0. The Balaban J connectivity index is 2.06. The van der Waals surface area contributed by atoms with E-state index in [4.69, 9.17) is 5.11 Å². The van der Waals surface area contributed by atoms with Gasteiger partial charge in [-0.3, -0.25) is 14.4 Å². The number of aryl methyl sites for hydroxylation is 2. The summed E-state index contributed by atoms with van der Waals surface area (Å²) in [6, 6.07) is 0.313. The molecule has 1 aliphatic rings. The van der Waals surface area contributed by atoms with Crippen LogP contribution in [-0.4, -0.2) is 38.8 Å². The Kier molecular flexibility index (Phi) is 4.18. The van der Waals surface area contributed by atoms with Gasteiger partial charge in [-0.15, -0.1) is 0 Å². The first kappa shape index (κ1) is 15.0. The number of carboxylic acids is 1. The van der Waals surface area contributed by atoms with E-state index in [0.29, 0.717) is 6.04 Å². The second kappa shape index (κ2) is 5.56. The maximum absolute atomic E-state index is 11.0. The zero-order chi connectivity index (χ0) is 15.0. The standard InChI is InChI=1S/C15H25N3O2/c1-6-18-12(5)14(10(3)16-18)11(4)17-7-13(8-17)9(2)15(19)20/h9,11,13H,6-8H2,1-5H3,(H,19,20). The highest BCUT2D eigenvalue weighted by molar-refractivity contribution is 5.70. The normalized spacial score (nSPS) is 19.6. The zero-order valence-corrected chi connectivity index (χ0v) is 13.1. The second-order valence-corrected chi connectivity index (χ2v) is 5.92. The average molecular weight is 279 g/mol. The fraction of sp³-hybridized carbons (Fsp3) is 0.733. The molecule has 0 spiro atoms. The lowest BCUT2D eigenvalue weighted by Crippen LogP contribution is -2.51. The first-order chi connectivity index (χ1) is 9.36. The molecule has 0 bridgehead atoms. The highest BCUT2D eigenvalue weighted by Gasteiger charge is 2.38. The maximum Gasteiger partial charge on any atom is 0.306 e. The van der Waals surface area contributed by atoms with Crippen molar-refractivity contribution >= 4 is 5.97 Å². The van der Waals surface area contributed by atoms with Crippen LogP contribution in [0.2, 0.25) is 0 Å². The Morgan fingerprint density at radius 2 is 2.00 bits per heavy atom. The molecule has 0 saturated carbocycles. The lowest BCUT2D eigenvalue weighted by molar-refractivity contribution is -0.146. The van der Waals surface area contributed by atoms with Crippen LogP contribution in [0.3, 0.4) is 0 Å². The predicted molar refractivity (Wildman–Crippen MR) is 77.7 cm³/mol. The molecule has 1 aromatic rings. The largest absolute Gasteiger partial charge is 0.481 e. The molecule has 0 radical (unpaired) electrons. The highest BCUT2D eigenvalue weighted by atomic mass is 16.4. The van der Waals surface area contributed by atoms with Crippen molar-refractivity contribution in [2.24, 2.45) is 11.8 Å². The third kappa shape index (κ3) is 2.46. The van der Waals surface area contributed by atoms with Crippen molar-refractivity contribution in [3.8, 4) is 0 Å². The second-order valence-electron chi connectivity index (χ2n) is 5.92. The number of carbonyl (C=O) groups is 1. The van der Waals surface area contributed by atoms with Crippen LogP contribution in [-0.2, 0) is 11.3 Å². The summed E-state index contributed by atoms with van der Waals surface area (Å²) in [4.78, 5) is 13.3. The molecule has 0 aliphatic carbocycles. The van der Waals surface area contributed by atoms with E-state index in [1.54, 1.807) is 6.92 Å². The van der Waals surface area contributed by atoms with Crippen LogP contribution in [0.1, 0.15) is 43.8 Å². The molecule has 0 amide bonds. The molecule has 112 valence electrons. The summed E-state index contributed by atoms with van der Waals surface area (Å²) in [5.74, 6) is -0.663. The van der Waals surface area contributed by atoms with Gasteiger partial charge >= 0.3 is 5.97 Å². The van der Waals surface area contributed by atoms with Crippen LogP contribution in [0.15, 0.2) is 0 Å². The molecule has 5 nitrogen and oxygen atoms in total. The number of rotatable bonds is 5. The van der Waals surface area contributed by atoms with Crippen LogP contribution < -0.4 is 0 Å². The number of hydrogen-bond donors (Lipinski definition) is 1. The van der Waals surface area contributed by atoms with Crippen LogP contribution in [0.5, 0.6) is 0 Å². The Morgan fingerprint density at radius 1 is 1.40 bits per heavy atom. The fourth-order valence-corrected chi connectivity index (χ4v) is 3.19. The van der Waals surface area contributed by atoms with E-state index >= 15 is 0 Å². The van der Waals surface area contributed by atoms with Crippen LogP contribution in [0.4, 0.5) is 0 Å². The van der Waals surface area contributed by atoms with Crippen molar-refractivity contribution in [1.29, 1.82) is 0 Å². The average Bonchev–Trinajstić information content (AvgIpc) is 2.61. The van der Waals surface area contributed by atoms with Crippen molar-refractivity contribution in [3.63, 3.8) is 0 Å². The molecule has 20 heavy (non-hydrogen) atoms. The summed E-state index contributed by atoms with van der Waals surface area (Å²) in [6.45, 7) is 12.9. The third-order valence-corrected chi connectivity index (χ3v) is 4.74. The topological polar surface area (TPSA) is 58.4 Å². The van der Waals surface area contributed by atoms with Crippen LogP contribution in [0.25, 0.3) is 0 Å². The summed E-state index contributed by atoms with van der Waals surface area (Å²) in [5.41, 5.74) is 3.62. The van der Waals surface area contributed by atoms with Crippen LogP contribution >= 0.6 is 0 Å². The molecule has 2 atom stereocenters. The maximum atomic E-state index is 11.0. The SMILES string of the molecule is CCn1nc(C)c(C(C)N2CC(C(C)C(=O)O)C2)c1C. The van der Waals surface area contributed by atoms with Crippen molar-refractivity contribution < 1.29 is 9.90 Å². The minimum absolute atomic E-state index is 0.251. The number of hydrogen-bond acceptors (Lipinski definition) is 3. The van der Waals surface area contributed by atoms with E-state index < -0.39 is 5.97 Å². The molecular formula is C15H25N3O2. The van der Waals surface area contributed by atoms with Gasteiger partial charge in [0.05, 0.1) is 11.6 Å². The first-order valence-electron chi connectivity index (χ1n) is 7.37. The lowest BCUT2D eigenvalue weighted by atomic mass is 9.85. The van der Waals surface area contributed by atoms with E-state index in [1.807, 2.05) is 4.68 Å². The van der Waals surface area contributed by atoms with Crippen molar-refractivity contribution in [2.45, 2.75) is 47.2 Å². The van der Waals surface area contributed by atoms with Gasteiger partial charge in [0.15, 0.2) is 0 Å². The fourth-order valence-electron chi connectivity index (χ4n) is 3.19. The Hall–Kier alpha value is -1.36. The summed E-state index contributed by atoms with van der Waals surface area (Å²) >= 11 is 0. The molecule has 2 heterocycles. The van der Waals surface area contributed by atoms with Gasteiger partial charge in [-0.1, -0.05) is 6.92 Å². The van der Waals surface area contributed by atoms with Gasteiger partial charge in [-0.25, -0.2) is 0 Å². The Labute approximate surface area is 120 Å². The van der Waals surface area contributed by atoms with E-state index in [2.05, 4.69) is 37.7 Å². The van der Waals surface area contributed by atoms with Crippen LogP contribution in [0, 0.1) is 25.7 Å². The van der Waals surface area contributed by atoms with E-state index in [9.17, 15) is 4.79 Å². The van der Waals surface area contributed by atoms with Gasteiger partial charge in [0.25, 0.3) is 0 Å². The molecule has 5 heteroatoms. The molecule has 0 aromatic carbocycles. The zero-order valence-electron chi connectivity index (χ0n) is 13.1. The molecule has 1 saturated heterocycles. The number of aliphatic carboxylic acids is 1. The quantitative estimate of drug-likeness (QED) is 0.898. The summed E-state index contributed by atoms with van der Waals surface area (Å²) in [5, 5.41) is 13.6. The first-order valence-corrected chi connectivity index (χ1v) is 7.37. The van der Waals surface area contributed by atoms with Gasteiger partial charge in [0, 0.05) is 36.9 Å². The van der Waals surface area contributed by atoms with Gasteiger partial charge in [0.2, 0.25) is 0 Å². The highest BCUT2D eigenvalue weighted by Crippen LogP contribution is 2.34. The molecule has 1 fully saturated rings. The number of likely N-dealkylation sites (tertiary alicyclic amines) is 1.